The quantitative estimate of drug-likeness (QED) is 0.476. The molecule has 0 aromatic heterocycles. The second-order valence-corrected chi connectivity index (χ2v) is 22.4. The van der Waals surface area contributed by atoms with Gasteiger partial charge < -0.3 is 8.23 Å². The molecule has 1 saturated heterocycles. The molecule has 6 nitrogen and oxygen atoms in total. The maximum absolute atomic E-state index is 10.0. The van der Waals surface area contributed by atoms with Crippen LogP contribution in [0.1, 0.15) is 40.5 Å². The molecule has 1 aliphatic rings. The van der Waals surface area contributed by atoms with E-state index in [1.807, 2.05) is 0 Å². The molecule has 0 unspecified atom stereocenters. The van der Waals surface area contributed by atoms with Crippen molar-refractivity contribution in [3.8, 4) is 0 Å². The molecule has 1 fully saturated rings. The topological polar surface area (TPSA) is 86.7 Å². The van der Waals surface area contributed by atoms with Crippen molar-refractivity contribution in [2.24, 2.45) is 0 Å². The fraction of sp³-hybridized carbons (Fsp3) is 0.778. The van der Waals surface area contributed by atoms with Crippen LogP contribution >= 0.6 is 0 Å². The van der Waals surface area contributed by atoms with Gasteiger partial charge in [0, 0.05) is 8.07 Å². The minimum Gasteiger partial charge on any atom is -0.416 e. The average Bonchev–Trinajstić information content (AvgIpc) is 2.18. The molecule has 27 heavy (non-hydrogen) atoms. The maximum atomic E-state index is 10.0. The van der Waals surface area contributed by atoms with Crippen LogP contribution in [-0.2, 0) is 27.4 Å². The van der Waals surface area contributed by atoms with Crippen molar-refractivity contribution in [2.45, 2.75) is 92.9 Å². The lowest BCUT2D eigenvalue weighted by atomic mass is 10.2. The summed E-state index contributed by atoms with van der Waals surface area (Å²) in [6.07, 6.45) is 0.167. The van der Waals surface area contributed by atoms with Crippen LogP contribution < -0.4 is 0 Å². The summed E-state index contributed by atoms with van der Waals surface area (Å²) >= 11 is 0. The highest BCUT2D eigenvalue weighted by atomic mass is 28.5. The summed E-state index contributed by atoms with van der Waals surface area (Å²) in [4.78, 5) is 40.1. The van der Waals surface area contributed by atoms with Crippen LogP contribution in [0.25, 0.3) is 0 Å². The first-order chi connectivity index (χ1) is 11.7. The van der Waals surface area contributed by atoms with Crippen molar-refractivity contribution in [3.63, 3.8) is 0 Å². The van der Waals surface area contributed by atoms with Gasteiger partial charge in [-0.1, -0.05) is 26.2 Å². The summed E-state index contributed by atoms with van der Waals surface area (Å²) in [5.41, 5.74) is 0. The number of hydrogen-bond acceptors (Lipinski definition) is 6. The predicted molar refractivity (Wildman–Crippen MR) is 118 cm³/mol. The minimum absolute atomic E-state index is 0.0625. The van der Waals surface area contributed by atoms with E-state index in [-0.39, 0.29) is 36.0 Å². The van der Waals surface area contributed by atoms with Crippen LogP contribution in [0.5, 0.6) is 0 Å². The zero-order valence-electron chi connectivity index (χ0n) is 19.4. The molecule has 0 bridgehead atoms. The summed E-state index contributed by atoms with van der Waals surface area (Å²) in [7, 11) is -3.66. The largest absolute Gasteiger partial charge is 0.416 e. The first kappa shape index (κ1) is 31.0. The maximum Gasteiger partial charge on any atom is 0.314 e. The van der Waals surface area contributed by atoms with E-state index in [0.717, 1.165) is 0 Å². The van der Waals surface area contributed by atoms with E-state index in [0.29, 0.717) is 0 Å². The van der Waals surface area contributed by atoms with E-state index in [2.05, 4.69) is 52.4 Å². The van der Waals surface area contributed by atoms with E-state index in [1.165, 1.54) is 27.7 Å². The first-order valence-electron chi connectivity index (χ1n) is 9.05. The number of rotatable bonds is 4. The van der Waals surface area contributed by atoms with Crippen LogP contribution in [0, 0.1) is 0 Å². The molecular weight excluding hydrogens is 396 g/mol. The smallest absolute Gasteiger partial charge is 0.314 e. The molecule has 0 amide bonds. The van der Waals surface area contributed by atoms with Gasteiger partial charge in [0.25, 0.3) is 0 Å². The van der Waals surface area contributed by atoms with E-state index in [1.54, 1.807) is 0 Å². The van der Waals surface area contributed by atoms with Crippen molar-refractivity contribution in [1.29, 1.82) is 0 Å². The Labute approximate surface area is 168 Å². The van der Waals surface area contributed by atoms with E-state index in [4.69, 9.17) is 8.23 Å². The van der Waals surface area contributed by atoms with Crippen LogP contribution in [0.2, 0.25) is 52.4 Å². The molecule has 160 valence electrons. The Morgan fingerprint density at radius 3 is 0.741 bits per heavy atom. The summed E-state index contributed by atoms with van der Waals surface area (Å²) in [5, 5.41) is 0. The van der Waals surface area contributed by atoms with Crippen LogP contribution in [0.4, 0.5) is 0 Å². The molecule has 0 spiro atoms. The Hall–Kier alpha value is -0.749. The Balaban J connectivity index is -0.000000289. The van der Waals surface area contributed by atoms with Gasteiger partial charge in [0.05, 0.1) is 12.8 Å². The molecule has 0 aromatic rings. The molecule has 1 aliphatic heterocycles. The van der Waals surface area contributed by atoms with Crippen molar-refractivity contribution in [3.05, 3.63) is 0 Å². The normalized spacial score (nSPS) is 15.9. The predicted octanol–water partition coefficient (Wildman–Crippen LogP) is 4.50. The first-order valence-corrected chi connectivity index (χ1v) is 18.7. The minimum atomic E-state index is -1.52. The van der Waals surface area contributed by atoms with Gasteiger partial charge in [0.2, 0.25) is 0 Å². The lowest BCUT2D eigenvalue weighted by molar-refractivity contribution is -0.126. The van der Waals surface area contributed by atoms with Gasteiger partial charge in [-0.05, 0) is 53.9 Å². The number of carbonyl (C=O) groups excluding carboxylic acids is 4. The van der Waals surface area contributed by atoms with Crippen molar-refractivity contribution in [1.82, 2.24) is 0 Å². The Kier molecular flexibility index (Phi) is 15.4. The highest BCUT2D eigenvalue weighted by Gasteiger charge is 2.49. The van der Waals surface area contributed by atoms with Gasteiger partial charge in [0.1, 0.15) is 23.1 Å². The van der Waals surface area contributed by atoms with Gasteiger partial charge in [-0.25, -0.2) is 0 Å². The highest BCUT2D eigenvalue weighted by Crippen LogP contribution is 2.29. The molecule has 1 rings (SSSR count). The van der Waals surface area contributed by atoms with Gasteiger partial charge >= 0.3 is 17.1 Å². The van der Waals surface area contributed by atoms with Crippen LogP contribution in [0.15, 0.2) is 0 Å². The average molecular weight is 437 g/mol. The molecule has 0 aromatic carbocycles. The Bertz CT molecular complexity index is 430. The fourth-order valence-corrected chi connectivity index (χ4v) is 11.4. The van der Waals surface area contributed by atoms with Crippen molar-refractivity contribution < 1.29 is 27.4 Å². The lowest BCUT2D eigenvalue weighted by Gasteiger charge is -2.46. The summed E-state index contributed by atoms with van der Waals surface area (Å²) in [6.45, 7) is 23.2. The summed E-state index contributed by atoms with van der Waals surface area (Å²) in [5.74, 6) is -0.250. The Morgan fingerprint density at radius 2 is 0.741 bits per heavy atom. The van der Waals surface area contributed by atoms with Crippen molar-refractivity contribution >= 4 is 48.3 Å². The standard InChI is InChI=1S/2C5H8O2.C4H12O2Si2.C4H12Si/c2*1-4(6)3-5(2)7;1-7(2)5-8(3,4)6-7;1-5(2,3)4/h2*3H2,1-2H3;1-4H3;1-4H3. The van der Waals surface area contributed by atoms with E-state index < -0.39 is 25.2 Å². The SMILES string of the molecule is CC(=O)CC(C)=O.CC(=O)CC(C)=O.C[Si](C)(C)C.C[Si]1(C)O[Si](C)(C)O1. The van der Waals surface area contributed by atoms with Crippen LogP contribution in [0.3, 0.4) is 0 Å². The second-order valence-electron chi connectivity index (χ2n) is 9.17. The highest BCUT2D eigenvalue weighted by molar-refractivity contribution is 6.92. The third-order valence-electron chi connectivity index (χ3n) is 1.98. The summed E-state index contributed by atoms with van der Waals surface area (Å²) < 4.78 is 11.1. The molecule has 0 N–H and O–H groups in total. The number of carbonyl (C=O) groups is 4. The van der Waals surface area contributed by atoms with Crippen LogP contribution in [-0.4, -0.2) is 48.3 Å². The molecule has 0 atom stereocenters. The fourth-order valence-electron chi connectivity index (χ4n) is 1.89. The number of hydrogen-bond donors (Lipinski definition) is 0. The monoisotopic (exact) mass is 436 g/mol. The number of Topliss-reactive ketones (excluding diaryl/α,β-unsaturated/α-hetero) is 4. The van der Waals surface area contributed by atoms with Gasteiger partial charge in [-0.3, -0.25) is 19.2 Å². The van der Waals surface area contributed by atoms with Gasteiger partial charge in [-0.15, -0.1) is 0 Å². The zero-order valence-corrected chi connectivity index (χ0v) is 22.4. The molecular formula is C18H40O6Si3. The molecule has 9 heteroatoms. The van der Waals surface area contributed by atoms with E-state index >= 15 is 0 Å². The lowest BCUT2D eigenvalue weighted by Crippen LogP contribution is -2.64. The molecule has 0 saturated carbocycles. The Morgan fingerprint density at radius 1 is 0.593 bits per heavy atom. The third-order valence-corrected chi connectivity index (χ3v) is 9.84. The zero-order chi connectivity index (χ0) is 22.6. The summed E-state index contributed by atoms with van der Waals surface area (Å²) in [6, 6.07) is 0. The van der Waals surface area contributed by atoms with E-state index in [9.17, 15) is 19.2 Å². The third kappa shape index (κ3) is 36.8. The van der Waals surface area contributed by atoms with Gasteiger partial charge in [-0.2, -0.15) is 0 Å². The molecule has 0 radical (unpaired) electrons. The molecule has 1 heterocycles. The number of ketones is 4. The molecule has 0 aliphatic carbocycles. The second kappa shape index (κ2) is 13.4. The van der Waals surface area contributed by atoms with Gasteiger partial charge in [0.15, 0.2) is 0 Å². The van der Waals surface area contributed by atoms with Crippen molar-refractivity contribution in [2.75, 3.05) is 0 Å².